The molecule has 0 fully saturated rings. The van der Waals surface area contributed by atoms with E-state index in [-0.39, 0.29) is 5.82 Å². The molecule has 2 N–H and O–H groups in total. The van der Waals surface area contributed by atoms with Crippen molar-refractivity contribution in [3.8, 4) is 0 Å². The molecule has 0 unspecified atom stereocenters. The van der Waals surface area contributed by atoms with E-state index in [1.54, 1.807) is 26.1 Å². The lowest BCUT2D eigenvalue weighted by Crippen LogP contribution is -2.38. The molecule has 146 valence electrons. The first-order valence-corrected chi connectivity index (χ1v) is 9.39. The molecule has 0 spiro atoms. The number of aryl methyl sites for hydroxylation is 1. The third kappa shape index (κ3) is 5.42. The number of guanidine groups is 1. The van der Waals surface area contributed by atoms with Crippen molar-refractivity contribution in [1.82, 2.24) is 20.2 Å². The number of rotatable bonds is 7. The normalized spacial score (nSPS) is 11.5. The highest BCUT2D eigenvalue weighted by Gasteiger charge is 2.05. The minimum Gasteiger partial charge on any atom is -0.356 e. The molecule has 2 aromatic carbocycles. The number of imidazole rings is 1. The van der Waals surface area contributed by atoms with Gasteiger partial charge in [-0.25, -0.2) is 9.37 Å². The van der Waals surface area contributed by atoms with Crippen LogP contribution in [0.15, 0.2) is 65.9 Å². The first-order valence-electron chi connectivity index (χ1n) is 9.39. The van der Waals surface area contributed by atoms with Gasteiger partial charge in [0.1, 0.15) is 11.6 Å². The van der Waals surface area contributed by atoms with Gasteiger partial charge in [-0.1, -0.05) is 42.5 Å². The molecule has 0 saturated heterocycles. The van der Waals surface area contributed by atoms with Crippen molar-refractivity contribution in [2.45, 2.75) is 26.4 Å². The van der Waals surface area contributed by atoms with Gasteiger partial charge in [-0.2, -0.15) is 0 Å². The fraction of sp³-hybridized carbons (Fsp3) is 0.273. The first kappa shape index (κ1) is 19.6. The lowest BCUT2D eigenvalue weighted by Gasteiger charge is -2.13. The molecule has 0 aliphatic heterocycles. The number of aliphatic imine (C=N–C) groups is 1. The van der Waals surface area contributed by atoms with Crippen molar-refractivity contribution in [3.05, 3.63) is 89.3 Å². The third-order valence-electron chi connectivity index (χ3n) is 4.56. The highest BCUT2D eigenvalue weighted by atomic mass is 19.1. The van der Waals surface area contributed by atoms with Crippen LogP contribution in [0.1, 0.15) is 22.5 Å². The summed E-state index contributed by atoms with van der Waals surface area (Å²) in [5.74, 6) is 1.52. The van der Waals surface area contributed by atoms with Crippen molar-refractivity contribution >= 4 is 5.96 Å². The summed E-state index contributed by atoms with van der Waals surface area (Å²) in [4.78, 5) is 8.69. The summed E-state index contributed by atoms with van der Waals surface area (Å²) in [7, 11) is 1.72. The Labute approximate surface area is 165 Å². The standard InChI is InChI=1S/C22H26FN5/c1-17-8-9-19(14-20(17)23)15-27-22(24-2)26-11-10-21-25-12-13-28(21)16-18-6-4-3-5-7-18/h3-9,12-14H,10-11,15-16H2,1-2H3,(H2,24,26,27). The van der Waals surface area contributed by atoms with E-state index in [9.17, 15) is 4.39 Å². The predicted molar refractivity (Wildman–Crippen MR) is 111 cm³/mol. The number of benzene rings is 2. The lowest BCUT2D eigenvalue weighted by atomic mass is 10.1. The van der Waals surface area contributed by atoms with Gasteiger partial charge >= 0.3 is 0 Å². The lowest BCUT2D eigenvalue weighted by molar-refractivity contribution is 0.615. The summed E-state index contributed by atoms with van der Waals surface area (Å²) in [5.41, 5.74) is 2.78. The molecule has 5 nitrogen and oxygen atoms in total. The monoisotopic (exact) mass is 379 g/mol. The average molecular weight is 379 g/mol. The van der Waals surface area contributed by atoms with E-state index in [1.807, 2.05) is 36.7 Å². The smallest absolute Gasteiger partial charge is 0.191 e. The molecule has 0 aliphatic rings. The molecule has 0 aliphatic carbocycles. The number of aromatic nitrogens is 2. The van der Waals surface area contributed by atoms with E-state index >= 15 is 0 Å². The molecule has 0 saturated carbocycles. The fourth-order valence-corrected chi connectivity index (χ4v) is 2.94. The van der Waals surface area contributed by atoms with Gasteiger partial charge in [0, 0.05) is 45.5 Å². The second-order valence-electron chi connectivity index (χ2n) is 6.64. The predicted octanol–water partition coefficient (Wildman–Crippen LogP) is 3.29. The van der Waals surface area contributed by atoms with E-state index in [2.05, 4.69) is 37.3 Å². The first-order chi connectivity index (χ1) is 13.7. The van der Waals surface area contributed by atoms with Crippen LogP contribution in [0.2, 0.25) is 0 Å². The van der Waals surface area contributed by atoms with Gasteiger partial charge in [0.15, 0.2) is 5.96 Å². The number of nitrogens with zero attached hydrogens (tertiary/aromatic N) is 3. The van der Waals surface area contributed by atoms with Crippen LogP contribution in [-0.4, -0.2) is 29.1 Å². The molecule has 1 aromatic heterocycles. The zero-order valence-electron chi connectivity index (χ0n) is 16.3. The Hall–Kier alpha value is -3.15. The minimum absolute atomic E-state index is 0.188. The quantitative estimate of drug-likeness (QED) is 0.489. The van der Waals surface area contributed by atoms with Crippen LogP contribution in [0, 0.1) is 12.7 Å². The van der Waals surface area contributed by atoms with Gasteiger partial charge in [0.25, 0.3) is 0 Å². The van der Waals surface area contributed by atoms with Crippen molar-refractivity contribution in [2.75, 3.05) is 13.6 Å². The Balaban J connectivity index is 1.48. The van der Waals surface area contributed by atoms with Crippen molar-refractivity contribution in [1.29, 1.82) is 0 Å². The molecule has 1 heterocycles. The summed E-state index contributed by atoms with van der Waals surface area (Å²) in [6, 6.07) is 15.6. The van der Waals surface area contributed by atoms with Crippen LogP contribution in [0.5, 0.6) is 0 Å². The second kappa shape index (κ2) is 9.69. The van der Waals surface area contributed by atoms with Crippen LogP contribution in [0.25, 0.3) is 0 Å². The molecule has 6 heteroatoms. The molecule has 3 aromatic rings. The maximum absolute atomic E-state index is 13.7. The Morgan fingerprint density at radius 1 is 1.11 bits per heavy atom. The SMILES string of the molecule is CN=C(NCCc1nccn1Cc1ccccc1)NCc1ccc(C)c(F)c1. The topological polar surface area (TPSA) is 54.2 Å². The maximum atomic E-state index is 13.7. The van der Waals surface area contributed by atoms with Crippen LogP contribution < -0.4 is 10.6 Å². The summed E-state index contributed by atoms with van der Waals surface area (Å²) >= 11 is 0. The van der Waals surface area contributed by atoms with E-state index in [4.69, 9.17) is 0 Å². The van der Waals surface area contributed by atoms with Crippen LogP contribution in [0.4, 0.5) is 4.39 Å². The number of hydrogen-bond acceptors (Lipinski definition) is 2. The zero-order valence-corrected chi connectivity index (χ0v) is 16.3. The summed E-state index contributed by atoms with van der Waals surface area (Å²) in [5, 5.41) is 6.50. The molecule has 0 amide bonds. The van der Waals surface area contributed by atoms with E-state index in [0.29, 0.717) is 24.6 Å². The second-order valence-corrected chi connectivity index (χ2v) is 6.64. The Morgan fingerprint density at radius 2 is 1.93 bits per heavy atom. The molecule has 0 atom stereocenters. The van der Waals surface area contributed by atoms with Gasteiger partial charge in [-0.05, 0) is 29.7 Å². The molecule has 0 radical (unpaired) electrons. The number of nitrogens with one attached hydrogen (secondary N) is 2. The largest absolute Gasteiger partial charge is 0.356 e. The highest BCUT2D eigenvalue weighted by molar-refractivity contribution is 5.79. The fourth-order valence-electron chi connectivity index (χ4n) is 2.94. The zero-order chi connectivity index (χ0) is 19.8. The molecule has 0 bridgehead atoms. The highest BCUT2D eigenvalue weighted by Crippen LogP contribution is 2.09. The van der Waals surface area contributed by atoms with Gasteiger partial charge in [-0.15, -0.1) is 0 Å². The van der Waals surface area contributed by atoms with Gasteiger partial charge in [0.05, 0.1) is 0 Å². The molecule has 3 rings (SSSR count). The van der Waals surface area contributed by atoms with Crippen molar-refractivity contribution < 1.29 is 4.39 Å². The van der Waals surface area contributed by atoms with Crippen molar-refractivity contribution in [2.24, 2.45) is 4.99 Å². The number of halogens is 1. The summed E-state index contributed by atoms with van der Waals surface area (Å²) in [6.45, 7) is 3.78. The maximum Gasteiger partial charge on any atom is 0.191 e. The third-order valence-corrected chi connectivity index (χ3v) is 4.56. The van der Waals surface area contributed by atoms with Crippen LogP contribution in [-0.2, 0) is 19.5 Å². The van der Waals surface area contributed by atoms with Crippen LogP contribution in [0.3, 0.4) is 0 Å². The summed E-state index contributed by atoms with van der Waals surface area (Å²) in [6.07, 6.45) is 4.61. The van der Waals surface area contributed by atoms with Gasteiger partial charge in [-0.3, -0.25) is 4.99 Å². The van der Waals surface area contributed by atoms with E-state index in [1.165, 1.54) is 5.56 Å². The van der Waals surface area contributed by atoms with Crippen LogP contribution >= 0.6 is 0 Å². The van der Waals surface area contributed by atoms with Gasteiger partial charge < -0.3 is 15.2 Å². The molecule has 28 heavy (non-hydrogen) atoms. The minimum atomic E-state index is -0.188. The summed E-state index contributed by atoms with van der Waals surface area (Å²) < 4.78 is 15.8. The number of hydrogen-bond donors (Lipinski definition) is 2. The average Bonchev–Trinajstić information content (AvgIpc) is 3.14. The molecular weight excluding hydrogens is 353 g/mol. The van der Waals surface area contributed by atoms with Gasteiger partial charge in [0.2, 0.25) is 0 Å². The Kier molecular flexibility index (Phi) is 6.78. The van der Waals surface area contributed by atoms with E-state index in [0.717, 1.165) is 24.4 Å². The Morgan fingerprint density at radius 3 is 2.68 bits per heavy atom. The molecular formula is C22H26FN5. The van der Waals surface area contributed by atoms with Crippen molar-refractivity contribution in [3.63, 3.8) is 0 Å². The Bertz CT molecular complexity index is 918. The van der Waals surface area contributed by atoms with E-state index < -0.39 is 0 Å².